The molecular formula is C34H40F3N5O2. The number of hydrogen-bond acceptors (Lipinski definition) is 5. The third kappa shape index (κ3) is 6.90. The molecule has 5 rings (SSSR count). The van der Waals surface area contributed by atoms with Gasteiger partial charge in [0, 0.05) is 55.4 Å². The molecule has 1 fully saturated rings. The van der Waals surface area contributed by atoms with Gasteiger partial charge in [-0.1, -0.05) is 30.3 Å². The number of likely N-dealkylation sites (N-methyl/N-ethyl adjacent to an activating group) is 1. The van der Waals surface area contributed by atoms with Crippen LogP contribution in [0.5, 0.6) is 0 Å². The quantitative estimate of drug-likeness (QED) is 0.330. The summed E-state index contributed by atoms with van der Waals surface area (Å²) in [5.74, 6) is -0.656. The molecule has 0 radical (unpaired) electrons. The Balaban J connectivity index is 1.28. The van der Waals surface area contributed by atoms with Crippen molar-refractivity contribution in [1.82, 2.24) is 19.7 Å². The Hall–Kier alpha value is -3.92. The predicted octanol–water partition coefficient (Wildman–Crippen LogP) is 6.21. The van der Waals surface area contributed by atoms with E-state index in [4.69, 9.17) is 0 Å². The number of anilines is 1. The summed E-state index contributed by atoms with van der Waals surface area (Å²) >= 11 is 0. The average Bonchev–Trinajstić information content (AvgIpc) is 3.00. The summed E-state index contributed by atoms with van der Waals surface area (Å²) in [4.78, 5) is 35.7. The van der Waals surface area contributed by atoms with E-state index in [1.54, 1.807) is 25.9 Å². The first-order valence-electron chi connectivity index (χ1n) is 15.2. The monoisotopic (exact) mass is 607 g/mol. The number of aromatic nitrogens is 1. The number of carbonyl (C=O) groups excluding carboxylic acids is 2. The highest BCUT2D eigenvalue weighted by atomic mass is 19.3. The molecule has 7 nitrogen and oxygen atoms in total. The number of carbonyl (C=O) groups is 2. The summed E-state index contributed by atoms with van der Waals surface area (Å²) in [7, 11) is 3.51. The first-order chi connectivity index (χ1) is 21.0. The largest absolute Gasteiger partial charge is 0.378 e. The Morgan fingerprint density at radius 2 is 1.80 bits per heavy atom. The fourth-order valence-corrected chi connectivity index (χ4v) is 6.12. The Labute approximate surface area is 256 Å². The minimum absolute atomic E-state index is 0.0208. The highest BCUT2D eigenvalue weighted by Crippen LogP contribution is 2.34. The molecule has 0 unspecified atom stereocenters. The Morgan fingerprint density at radius 1 is 1.07 bits per heavy atom. The number of fused-ring (bicyclic) bond motifs is 1. The molecule has 2 amide bonds. The van der Waals surface area contributed by atoms with Crippen LogP contribution < -0.4 is 5.32 Å². The number of amides is 2. The van der Waals surface area contributed by atoms with Gasteiger partial charge in [-0.3, -0.25) is 19.5 Å². The highest BCUT2D eigenvalue weighted by molar-refractivity contribution is 5.94. The van der Waals surface area contributed by atoms with E-state index in [2.05, 4.69) is 27.3 Å². The van der Waals surface area contributed by atoms with Crippen molar-refractivity contribution in [2.45, 2.75) is 45.6 Å². The van der Waals surface area contributed by atoms with Gasteiger partial charge in [0.1, 0.15) is 5.82 Å². The van der Waals surface area contributed by atoms with Gasteiger partial charge in [-0.05, 0) is 75.5 Å². The molecule has 10 heteroatoms. The van der Waals surface area contributed by atoms with Gasteiger partial charge < -0.3 is 15.1 Å². The minimum Gasteiger partial charge on any atom is -0.378 e. The van der Waals surface area contributed by atoms with E-state index in [-0.39, 0.29) is 23.3 Å². The lowest BCUT2D eigenvalue weighted by Gasteiger charge is -2.35. The normalized spacial score (nSPS) is 17.1. The molecule has 0 saturated carbocycles. The smallest absolute Gasteiger partial charge is 0.266 e. The molecule has 0 aliphatic carbocycles. The first kappa shape index (κ1) is 31.5. The molecule has 234 valence electrons. The van der Waals surface area contributed by atoms with Crippen molar-refractivity contribution in [3.05, 3.63) is 76.7 Å². The van der Waals surface area contributed by atoms with Gasteiger partial charge >= 0.3 is 0 Å². The van der Waals surface area contributed by atoms with Crippen molar-refractivity contribution in [2.75, 3.05) is 52.1 Å². The number of piperidine rings is 1. The third-order valence-electron chi connectivity index (χ3n) is 8.75. The summed E-state index contributed by atoms with van der Waals surface area (Å²) in [5.41, 5.74) is 4.04. The van der Waals surface area contributed by atoms with E-state index in [0.717, 1.165) is 71.8 Å². The molecule has 0 spiro atoms. The summed E-state index contributed by atoms with van der Waals surface area (Å²) in [6, 6.07) is 11.5. The first-order valence-corrected chi connectivity index (χ1v) is 15.2. The van der Waals surface area contributed by atoms with E-state index in [1.807, 2.05) is 30.0 Å². The lowest BCUT2D eigenvalue weighted by molar-refractivity contribution is -0.137. The summed E-state index contributed by atoms with van der Waals surface area (Å²) in [6.45, 7) is 6.69. The second kappa shape index (κ2) is 13.4. The predicted molar refractivity (Wildman–Crippen MR) is 167 cm³/mol. The third-order valence-corrected chi connectivity index (χ3v) is 8.75. The summed E-state index contributed by atoms with van der Waals surface area (Å²) in [6.07, 6.45) is 1.46. The lowest BCUT2D eigenvalue weighted by Crippen LogP contribution is -2.46. The number of rotatable bonds is 8. The second-order valence-electron chi connectivity index (χ2n) is 12.1. The molecule has 3 aromatic rings. The van der Waals surface area contributed by atoms with Gasteiger partial charge in [0.2, 0.25) is 11.8 Å². The molecule has 2 aliphatic rings. The zero-order valence-corrected chi connectivity index (χ0v) is 25.7. The minimum atomic E-state index is -2.89. The molecule has 0 bridgehead atoms. The number of nitrogens with one attached hydrogen (secondary N) is 1. The summed E-state index contributed by atoms with van der Waals surface area (Å²) in [5, 5.41) is 4.19. The average molecular weight is 608 g/mol. The molecular weight excluding hydrogens is 567 g/mol. The van der Waals surface area contributed by atoms with Crippen molar-refractivity contribution in [3.63, 3.8) is 0 Å². The van der Waals surface area contributed by atoms with Gasteiger partial charge in [0.25, 0.3) is 6.43 Å². The maximum Gasteiger partial charge on any atom is 0.266 e. The fourth-order valence-electron chi connectivity index (χ4n) is 6.12. The number of likely N-dealkylation sites (tertiary alicyclic amines) is 1. The highest BCUT2D eigenvalue weighted by Gasteiger charge is 2.30. The van der Waals surface area contributed by atoms with Crippen LogP contribution in [-0.4, -0.2) is 78.3 Å². The zero-order chi connectivity index (χ0) is 31.5. The molecule has 3 heterocycles. The van der Waals surface area contributed by atoms with Crippen molar-refractivity contribution in [2.24, 2.45) is 5.92 Å². The van der Waals surface area contributed by atoms with Gasteiger partial charge in [0.15, 0.2) is 0 Å². The Kier molecular flexibility index (Phi) is 9.58. The molecule has 1 atom stereocenters. The van der Waals surface area contributed by atoms with Crippen molar-refractivity contribution in [1.29, 1.82) is 0 Å². The number of hydrogen-bond donors (Lipinski definition) is 1. The van der Waals surface area contributed by atoms with Crippen LogP contribution >= 0.6 is 0 Å². The van der Waals surface area contributed by atoms with Crippen LogP contribution in [0, 0.1) is 18.7 Å². The zero-order valence-electron chi connectivity index (χ0n) is 25.7. The van der Waals surface area contributed by atoms with Crippen molar-refractivity contribution < 1.29 is 22.8 Å². The fraction of sp³-hybridized carbons (Fsp3) is 0.441. The van der Waals surface area contributed by atoms with E-state index < -0.39 is 23.8 Å². The SMILES string of the molecule is Cc1cc(N[C@H](C)c2cccc(C(F)F)c2F)c2cc(C3=CCN(C(=O)C4CCN(CC(=O)N(C)C)CC4)CC3)ccc2n1. The van der Waals surface area contributed by atoms with Crippen LogP contribution in [0.25, 0.3) is 16.5 Å². The van der Waals surface area contributed by atoms with Gasteiger partial charge in [-0.25, -0.2) is 13.2 Å². The number of alkyl halides is 2. The summed E-state index contributed by atoms with van der Waals surface area (Å²) < 4.78 is 41.5. The van der Waals surface area contributed by atoms with Crippen molar-refractivity contribution in [3.8, 4) is 0 Å². The Bertz CT molecular complexity index is 1570. The maximum atomic E-state index is 14.9. The number of halogens is 3. The van der Waals surface area contributed by atoms with E-state index >= 15 is 0 Å². The lowest BCUT2D eigenvalue weighted by atomic mass is 9.93. The van der Waals surface area contributed by atoms with Crippen LogP contribution in [0.15, 0.2) is 48.5 Å². The van der Waals surface area contributed by atoms with Crippen LogP contribution in [0.1, 0.15) is 61.0 Å². The van der Waals surface area contributed by atoms with E-state index in [9.17, 15) is 22.8 Å². The standard InChI is InChI=1S/C34H40F3N5O2/c1-21-18-30(39-22(2)26-6-5-7-27(32(26)35)33(36)37)28-19-25(8-9-29(28)38-21)23-12-16-42(17-13-23)34(44)24-10-14-41(15-11-24)20-31(43)40(3)4/h5-9,12,18-19,22,24,33H,10-11,13-17,20H2,1-4H3,(H,38,39)/t22-/m1/s1. The molecule has 2 aliphatic heterocycles. The van der Waals surface area contributed by atoms with E-state index in [0.29, 0.717) is 19.6 Å². The van der Waals surface area contributed by atoms with Crippen molar-refractivity contribution >= 4 is 34.0 Å². The van der Waals surface area contributed by atoms with Crippen LogP contribution in [-0.2, 0) is 9.59 Å². The molecule has 1 saturated heterocycles. The van der Waals surface area contributed by atoms with Gasteiger partial charge in [0.05, 0.1) is 23.7 Å². The molecule has 44 heavy (non-hydrogen) atoms. The number of benzene rings is 2. The topological polar surface area (TPSA) is 68.8 Å². The van der Waals surface area contributed by atoms with E-state index in [1.165, 1.54) is 12.1 Å². The molecule has 1 aromatic heterocycles. The maximum absolute atomic E-state index is 14.9. The molecule has 1 N–H and O–H groups in total. The second-order valence-corrected chi connectivity index (χ2v) is 12.1. The number of pyridine rings is 1. The van der Waals surface area contributed by atoms with Gasteiger partial charge in [-0.15, -0.1) is 0 Å². The number of aryl methyl sites for hydroxylation is 1. The van der Waals surface area contributed by atoms with Crippen LogP contribution in [0.3, 0.4) is 0 Å². The Morgan fingerprint density at radius 3 is 2.45 bits per heavy atom. The van der Waals surface area contributed by atoms with Crippen LogP contribution in [0.4, 0.5) is 18.9 Å². The molecule has 2 aromatic carbocycles. The van der Waals surface area contributed by atoms with Gasteiger partial charge in [-0.2, -0.15) is 0 Å². The van der Waals surface area contributed by atoms with Crippen LogP contribution in [0.2, 0.25) is 0 Å². The number of nitrogens with zero attached hydrogens (tertiary/aromatic N) is 4.